The summed E-state index contributed by atoms with van der Waals surface area (Å²) in [4.78, 5) is 41.6. The Balaban J connectivity index is 1.47. The van der Waals surface area contributed by atoms with E-state index >= 15 is 0 Å². The van der Waals surface area contributed by atoms with Crippen LogP contribution in [0.3, 0.4) is 0 Å². The standard InChI is InChI=1S/C31H31Cl2IN4O3/c1-17(39)38-11-9-22(10-12-38)35-26-8-6-21(34)15-23(26)29-31(24-7-5-20(33)14-27(24)36-30(31)41)25(16-28(40)37-29)18-3-2-4-19(32)13-18/h2-8,14-15,18,22,25,29,35H,9-13,16H2,1H3,(H,36,41)(H,37,40)/t18?,25-,29+,31-/m0/s1. The van der Waals surface area contributed by atoms with Gasteiger partial charge in [-0.1, -0.05) is 41.4 Å². The Kier molecular flexibility index (Phi) is 7.84. The van der Waals surface area contributed by atoms with Crippen molar-refractivity contribution in [2.45, 2.75) is 50.1 Å². The fourth-order valence-electron chi connectivity index (χ4n) is 7.11. The van der Waals surface area contributed by atoms with E-state index in [2.05, 4.69) is 50.7 Å². The molecular formula is C31H31Cl2IN4O3. The Morgan fingerprint density at radius 3 is 2.61 bits per heavy atom. The minimum atomic E-state index is -1.09. The van der Waals surface area contributed by atoms with Gasteiger partial charge in [-0.25, -0.2) is 0 Å². The summed E-state index contributed by atoms with van der Waals surface area (Å²) >= 11 is 15.2. The Labute approximate surface area is 263 Å². The topological polar surface area (TPSA) is 90.5 Å². The number of rotatable bonds is 4. The van der Waals surface area contributed by atoms with Crippen LogP contribution in [-0.4, -0.2) is 41.8 Å². The molecular weight excluding hydrogens is 674 g/mol. The molecule has 0 radical (unpaired) electrons. The maximum Gasteiger partial charge on any atom is 0.237 e. The lowest BCUT2D eigenvalue weighted by Gasteiger charge is -2.49. The molecule has 2 aromatic carbocycles. The number of fused-ring (bicyclic) bond motifs is 2. The third-order valence-corrected chi connectivity index (χ3v) is 10.2. The molecule has 41 heavy (non-hydrogen) atoms. The molecule has 2 saturated heterocycles. The van der Waals surface area contributed by atoms with E-state index in [1.54, 1.807) is 13.0 Å². The molecule has 3 heterocycles. The SMILES string of the molecule is CC(=O)N1CCC(Nc2ccc(I)cc2[C@H]2NC(=O)C[C@@H](C3C=CC=C(Cl)C3)[C@]23C(=O)Nc2cc(Cl)ccc23)CC1. The number of allylic oxidation sites excluding steroid dienone is 4. The normalized spacial score (nSPS) is 27.8. The minimum absolute atomic E-state index is 0.0917. The van der Waals surface area contributed by atoms with Crippen LogP contribution in [0.1, 0.15) is 49.8 Å². The van der Waals surface area contributed by atoms with Crippen molar-refractivity contribution in [1.82, 2.24) is 10.2 Å². The highest BCUT2D eigenvalue weighted by Crippen LogP contribution is 2.58. The first-order chi connectivity index (χ1) is 19.7. The van der Waals surface area contributed by atoms with Crippen LogP contribution >= 0.6 is 45.8 Å². The van der Waals surface area contributed by atoms with Crippen molar-refractivity contribution in [3.05, 3.63) is 79.4 Å². The number of carbonyl (C=O) groups excluding carboxylic acids is 3. The van der Waals surface area contributed by atoms with Gasteiger partial charge >= 0.3 is 0 Å². The number of carbonyl (C=O) groups is 3. The number of hydrogen-bond donors (Lipinski definition) is 3. The predicted octanol–water partition coefficient (Wildman–Crippen LogP) is 6.13. The average Bonchev–Trinajstić information content (AvgIpc) is 3.22. The first-order valence-electron chi connectivity index (χ1n) is 13.9. The summed E-state index contributed by atoms with van der Waals surface area (Å²) in [6.07, 6.45) is 8.25. The number of piperidine rings is 2. The Bertz CT molecular complexity index is 1490. The highest BCUT2D eigenvalue weighted by atomic mass is 127. The largest absolute Gasteiger partial charge is 0.382 e. The third-order valence-electron chi connectivity index (χ3n) is 9.01. The van der Waals surface area contributed by atoms with Crippen molar-refractivity contribution in [1.29, 1.82) is 0 Å². The highest BCUT2D eigenvalue weighted by Gasteiger charge is 2.62. The second-order valence-electron chi connectivity index (χ2n) is 11.3. The molecule has 1 aliphatic carbocycles. The van der Waals surface area contributed by atoms with Crippen LogP contribution in [0.4, 0.5) is 11.4 Å². The Hall–Kier alpha value is -2.56. The number of halogens is 3. The number of anilines is 2. The van der Waals surface area contributed by atoms with Crippen LogP contribution in [0.5, 0.6) is 0 Å². The van der Waals surface area contributed by atoms with Crippen molar-refractivity contribution < 1.29 is 14.4 Å². The second-order valence-corrected chi connectivity index (χ2v) is 13.5. The molecule has 3 aliphatic heterocycles. The summed E-state index contributed by atoms with van der Waals surface area (Å²) in [5, 5.41) is 11.3. The van der Waals surface area contributed by atoms with Gasteiger partial charge in [-0.3, -0.25) is 14.4 Å². The van der Waals surface area contributed by atoms with Gasteiger partial charge in [-0.2, -0.15) is 0 Å². The van der Waals surface area contributed by atoms with E-state index in [1.165, 1.54) is 0 Å². The third kappa shape index (κ3) is 5.16. The van der Waals surface area contributed by atoms with E-state index in [-0.39, 0.29) is 42.0 Å². The number of nitrogens with zero attached hydrogens (tertiary/aromatic N) is 1. The van der Waals surface area contributed by atoms with Crippen molar-refractivity contribution in [3.63, 3.8) is 0 Å². The molecule has 1 spiro atoms. The number of hydrogen-bond acceptors (Lipinski definition) is 4. The summed E-state index contributed by atoms with van der Waals surface area (Å²) in [6.45, 7) is 2.99. The summed E-state index contributed by atoms with van der Waals surface area (Å²) in [7, 11) is 0. The van der Waals surface area contributed by atoms with Gasteiger partial charge in [0, 0.05) is 63.0 Å². The molecule has 0 aromatic heterocycles. The summed E-state index contributed by atoms with van der Waals surface area (Å²) in [5.41, 5.74) is 2.16. The molecule has 6 rings (SSSR count). The molecule has 4 atom stereocenters. The van der Waals surface area contributed by atoms with Crippen LogP contribution in [0.25, 0.3) is 0 Å². The van der Waals surface area contributed by atoms with Gasteiger partial charge in [-0.05, 0) is 95.7 Å². The molecule has 10 heteroatoms. The monoisotopic (exact) mass is 704 g/mol. The fourth-order valence-corrected chi connectivity index (χ4v) is 8.05. The number of nitrogens with one attached hydrogen (secondary N) is 3. The van der Waals surface area contributed by atoms with Crippen molar-refractivity contribution in [2.24, 2.45) is 11.8 Å². The van der Waals surface area contributed by atoms with E-state index in [4.69, 9.17) is 23.2 Å². The van der Waals surface area contributed by atoms with Crippen LogP contribution in [0.2, 0.25) is 5.02 Å². The predicted molar refractivity (Wildman–Crippen MR) is 170 cm³/mol. The van der Waals surface area contributed by atoms with Gasteiger partial charge in [0.2, 0.25) is 17.7 Å². The van der Waals surface area contributed by atoms with Gasteiger partial charge < -0.3 is 20.9 Å². The zero-order valence-corrected chi connectivity index (χ0v) is 26.2. The molecule has 3 amide bonds. The number of amides is 3. The van der Waals surface area contributed by atoms with Gasteiger partial charge in [0.05, 0.1) is 6.04 Å². The summed E-state index contributed by atoms with van der Waals surface area (Å²) in [5.74, 6) is -0.604. The number of benzene rings is 2. The molecule has 1 unspecified atom stereocenters. The molecule has 0 bridgehead atoms. The Morgan fingerprint density at radius 1 is 1.10 bits per heavy atom. The quantitative estimate of drug-likeness (QED) is 0.334. The summed E-state index contributed by atoms with van der Waals surface area (Å²) < 4.78 is 0.999. The van der Waals surface area contributed by atoms with Gasteiger partial charge in [0.1, 0.15) is 5.41 Å². The first-order valence-corrected chi connectivity index (χ1v) is 15.8. The molecule has 214 valence electrons. The average molecular weight is 705 g/mol. The Morgan fingerprint density at radius 2 is 1.88 bits per heavy atom. The fraction of sp³-hybridized carbons (Fsp3) is 0.387. The molecule has 4 aliphatic rings. The zero-order valence-electron chi connectivity index (χ0n) is 22.6. The van der Waals surface area contributed by atoms with E-state index in [9.17, 15) is 14.4 Å². The van der Waals surface area contributed by atoms with E-state index in [0.29, 0.717) is 35.3 Å². The maximum absolute atomic E-state index is 14.4. The van der Waals surface area contributed by atoms with E-state index < -0.39 is 11.5 Å². The minimum Gasteiger partial charge on any atom is -0.382 e. The second kappa shape index (κ2) is 11.3. The van der Waals surface area contributed by atoms with Crippen molar-refractivity contribution in [3.8, 4) is 0 Å². The van der Waals surface area contributed by atoms with Crippen LogP contribution in [-0.2, 0) is 19.8 Å². The smallest absolute Gasteiger partial charge is 0.237 e. The molecule has 7 nitrogen and oxygen atoms in total. The molecule has 2 fully saturated rings. The van der Waals surface area contributed by atoms with Gasteiger partial charge in [-0.15, -0.1) is 0 Å². The van der Waals surface area contributed by atoms with Crippen molar-refractivity contribution >= 4 is 74.9 Å². The lowest BCUT2D eigenvalue weighted by atomic mass is 9.56. The first kappa shape index (κ1) is 28.6. The molecule has 2 aromatic rings. The number of likely N-dealkylation sites (tertiary alicyclic amines) is 1. The van der Waals surface area contributed by atoms with Crippen molar-refractivity contribution in [2.75, 3.05) is 23.7 Å². The summed E-state index contributed by atoms with van der Waals surface area (Å²) in [6, 6.07) is 11.2. The van der Waals surface area contributed by atoms with Gasteiger partial charge in [0.15, 0.2) is 0 Å². The van der Waals surface area contributed by atoms with Crippen LogP contribution < -0.4 is 16.0 Å². The lowest BCUT2D eigenvalue weighted by Crippen LogP contribution is -2.59. The van der Waals surface area contributed by atoms with Gasteiger partial charge in [0.25, 0.3) is 0 Å². The van der Waals surface area contributed by atoms with E-state index in [0.717, 1.165) is 33.2 Å². The van der Waals surface area contributed by atoms with Crippen LogP contribution in [0.15, 0.2) is 59.7 Å². The van der Waals surface area contributed by atoms with E-state index in [1.807, 2.05) is 41.3 Å². The lowest BCUT2D eigenvalue weighted by molar-refractivity contribution is -0.135. The molecule has 3 N–H and O–H groups in total. The maximum atomic E-state index is 14.4. The zero-order chi connectivity index (χ0) is 28.9. The molecule has 0 saturated carbocycles. The highest BCUT2D eigenvalue weighted by molar-refractivity contribution is 14.1. The van der Waals surface area contributed by atoms with Crippen LogP contribution in [0, 0.1) is 15.4 Å².